The van der Waals surface area contributed by atoms with Crippen molar-refractivity contribution < 1.29 is 14.1 Å². The summed E-state index contributed by atoms with van der Waals surface area (Å²) in [5.74, 6) is 0.236. The van der Waals surface area contributed by atoms with Crippen molar-refractivity contribution in [3.05, 3.63) is 51.7 Å². The molecule has 0 aliphatic carbocycles. The van der Waals surface area contributed by atoms with Gasteiger partial charge < -0.3 is 15.1 Å². The van der Waals surface area contributed by atoms with Crippen molar-refractivity contribution in [2.45, 2.75) is 19.9 Å². The Morgan fingerprint density at radius 3 is 2.82 bits per heavy atom. The first kappa shape index (κ1) is 15.5. The minimum Gasteiger partial charge on any atom is -0.449 e. The molecule has 0 aliphatic heterocycles. The fraction of sp³-hybridized carbons (Fsp3) is 0.286. The van der Waals surface area contributed by atoms with Crippen LogP contribution in [0.25, 0.3) is 0 Å². The first-order valence-electron chi connectivity index (χ1n) is 6.72. The summed E-state index contributed by atoms with van der Waals surface area (Å²) in [5.41, 5.74) is 1.04. The van der Waals surface area contributed by atoms with Gasteiger partial charge in [-0.05, 0) is 12.1 Å². The van der Waals surface area contributed by atoms with E-state index in [1.165, 1.54) is 31.5 Å². The lowest BCUT2D eigenvalue weighted by Crippen LogP contribution is -2.18. The molecule has 0 spiro atoms. The summed E-state index contributed by atoms with van der Waals surface area (Å²) in [6, 6.07) is 4.26. The van der Waals surface area contributed by atoms with Crippen LogP contribution in [-0.2, 0) is 13.0 Å². The number of rotatable bonds is 6. The normalized spacial score (nSPS) is 10.3. The molecule has 8 heteroatoms. The number of nitro benzene ring substituents is 1. The smallest absolute Gasteiger partial charge is 0.293 e. The second-order valence-electron chi connectivity index (χ2n) is 4.51. The summed E-state index contributed by atoms with van der Waals surface area (Å²) in [6.45, 7) is 2.22. The second-order valence-corrected chi connectivity index (χ2v) is 4.51. The van der Waals surface area contributed by atoms with E-state index in [1.807, 2.05) is 6.92 Å². The van der Waals surface area contributed by atoms with Gasteiger partial charge in [0.05, 0.1) is 17.2 Å². The van der Waals surface area contributed by atoms with Crippen LogP contribution in [0.5, 0.6) is 0 Å². The van der Waals surface area contributed by atoms with Gasteiger partial charge in [-0.2, -0.15) is 0 Å². The molecule has 0 aliphatic rings. The molecule has 0 saturated heterocycles. The highest BCUT2D eigenvalue weighted by atomic mass is 16.6. The number of carbonyl (C=O) groups is 1. The largest absolute Gasteiger partial charge is 0.449 e. The Morgan fingerprint density at radius 1 is 1.45 bits per heavy atom. The van der Waals surface area contributed by atoms with Crippen LogP contribution in [0.4, 0.5) is 11.4 Å². The summed E-state index contributed by atoms with van der Waals surface area (Å²) in [4.78, 5) is 26.4. The lowest BCUT2D eigenvalue weighted by atomic mass is 10.1. The Kier molecular flexibility index (Phi) is 4.72. The number of nitro groups is 1. The lowest BCUT2D eigenvalue weighted by Gasteiger charge is -2.07. The molecule has 8 nitrogen and oxygen atoms in total. The molecule has 0 unspecified atom stereocenters. The van der Waals surface area contributed by atoms with E-state index in [0.29, 0.717) is 30.2 Å². The Bertz CT molecular complexity index is 696. The molecule has 1 aromatic heterocycles. The van der Waals surface area contributed by atoms with Crippen molar-refractivity contribution in [1.82, 2.24) is 10.3 Å². The van der Waals surface area contributed by atoms with Crippen LogP contribution in [0, 0.1) is 10.1 Å². The number of hydrogen-bond donors (Lipinski definition) is 2. The van der Waals surface area contributed by atoms with E-state index in [4.69, 9.17) is 4.42 Å². The van der Waals surface area contributed by atoms with E-state index in [1.54, 1.807) is 0 Å². The SMILES string of the molecule is CCc1nc(CNc2ccc(C(=O)NC)cc2[N+](=O)[O-])co1. The molecule has 1 aromatic carbocycles. The second kappa shape index (κ2) is 6.70. The number of amides is 1. The first-order valence-corrected chi connectivity index (χ1v) is 6.72. The van der Waals surface area contributed by atoms with Gasteiger partial charge in [-0.1, -0.05) is 6.92 Å². The Labute approximate surface area is 126 Å². The van der Waals surface area contributed by atoms with E-state index in [2.05, 4.69) is 15.6 Å². The molecule has 22 heavy (non-hydrogen) atoms. The number of aryl methyl sites for hydroxylation is 1. The zero-order valence-electron chi connectivity index (χ0n) is 12.3. The van der Waals surface area contributed by atoms with Gasteiger partial charge in [0.25, 0.3) is 11.6 Å². The number of anilines is 1. The number of carbonyl (C=O) groups excluding carboxylic acids is 1. The maximum Gasteiger partial charge on any atom is 0.293 e. The number of oxazole rings is 1. The highest BCUT2D eigenvalue weighted by molar-refractivity contribution is 5.95. The fourth-order valence-corrected chi connectivity index (χ4v) is 1.90. The third kappa shape index (κ3) is 3.40. The predicted molar refractivity (Wildman–Crippen MR) is 79.7 cm³/mol. The Morgan fingerprint density at radius 2 is 2.23 bits per heavy atom. The van der Waals surface area contributed by atoms with Crippen molar-refractivity contribution in [2.75, 3.05) is 12.4 Å². The number of aromatic nitrogens is 1. The summed E-state index contributed by atoms with van der Waals surface area (Å²) in [6.07, 6.45) is 2.19. The maximum absolute atomic E-state index is 11.5. The van der Waals surface area contributed by atoms with Crippen LogP contribution in [0.2, 0.25) is 0 Å². The van der Waals surface area contributed by atoms with Gasteiger partial charge in [-0.15, -0.1) is 0 Å². The molecule has 2 rings (SSSR count). The van der Waals surface area contributed by atoms with Gasteiger partial charge in [0.15, 0.2) is 5.89 Å². The van der Waals surface area contributed by atoms with Crippen molar-refractivity contribution in [1.29, 1.82) is 0 Å². The topological polar surface area (TPSA) is 110 Å². The van der Waals surface area contributed by atoms with Gasteiger partial charge in [-0.3, -0.25) is 14.9 Å². The molecular formula is C14H16N4O4. The highest BCUT2D eigenvalue weighted by Crippen LogP contribution is 2.26. The first-order chi connectivity index (χ1) is 10.5. The van der Waals surface area contributed by atoms with Crippen LogP contribution in [0.3, 0.4) is 0 Å². The van der Waals surface area contributed by atoms with E-state index >= 15 is 0 Å². The van der Waals surface area contributed by atoms with Crippen LogP contribution < -0.4 is 10.6 Å². The lowest BCUT2D eigenvalue weighted by molar-refractivity contribution is -0.384. The van der Waals surface area contributed by atoms with Crippen LogP contribution in [0.1, 0.15) is 28.9 Å². The van der Waals surface area contributed by atoms with Gasteiger partial charge >= 0.3 is 0 Å². The zero-order valence-corrected chi connectivity index (χ0v) is 12.3. The summed E-state index contributed by atoms with van der Waals surface area (Å²) < 4.78 is 5.21. The third-order valence-corrected chi connectivity index (χ3v) is 3.05. The van der Waals surface area contributed by atoms with Crippen LogP contribution >= 0.6 is 0 Å². The van der Waals surface area contributed by atoms with Crippen molar-refractivity contribution >= 4 is 17.3 Å². The monoisotopic (exact) mass is 304 g/mol. The number of benzene rings is 1. The van der Waals surface area contributed by atoms with Crippen LogP contribution in [0.15, 0.2) is 28.9 Å². The van der Waals surface area contributed by atoms with E-state index in [0.717, 1.165) is 0 Å². The highest BCUT2D eigenvalue weighted by Gasteiger charge is 2.17. The fourth-order valence-electron chi connectivity index (χ4n) is 1.90. The summed E-state index contributed by atoms with van der Waals surface area (Å²) in [7, 11) is 1.47. The predicted octanol–water partition coefficient (Wildman–Crippen LogP) is 2.12. The standard InChI is InChI=1S/C14H16N4O4/c1-3-13-17-10(8-22-13)7-16-11-5-4-9(14(19)15-2)6-12(11)18(20)21/h4-6,8,16H,3,7H2,1-2H3,(H,15,19). The quantitative estimate of drug-likeness (QED) is 0.624. The molecule has 1 amide bonds. The molecule has 0 fully saturated rings. The third-order valence-electron chi connectivity index (χ3n) is 3.05. The summed E-state index contributed by atoms with van der Waals surface area (Å²) >= 11 is 0. The molecule has 0 radical (unpaired) electrons. The molecule has 2 aromatic rings. The van der Waals surface area contributed by atoms with E-state index in [-0.39, 0.29) is 17.2 Å². The van der Waals surface area contributed by atoms with Gasteiger partial charge in [-0.25, -0.2) is 4.98 Å². The number of nitrogens with zero attached hydrogens (tertiary/aromatic N) is 2. The Hall–Kier alpha value is -2.90. The molecule has 0 saturated carbocycles. The maximum atomic E-state index is 11.5. The molecule has 0 atom stereocenters. The van der Waals surface area contributed by atoms with E-state index in [9.17, 15) is 14.9 Å². The molecular weight excluding hydrogens is 288 g/mol. The minimum absolute atomic E-state index is 0.166. The Balaban J connectivity index is 2.19. The molecule has 116 valence electrons. The minimum atomic E-state index is -0.533. The average molecular weight is 304 g/mol. The number of nitrogens with one attached hydrogen (secondary N) is 2. The average Bonchev–Trinajstić information content (AvgIpc) is 3.00. The van der Waals surface area contributed by atoms with Gasteiger partial charge in [0.1, 0.15) is 12.0 Å². The van der Waals surface area contributed by atoms with Gasteiger partial charge in [0, 0.05) is 25.1 Å². The zero-order chi connectivity index (χ0) is 16.1. The molecule has 2 N–H and O–H groups in total. The van der Waals surface area contributed by atoms with Crippen molar-refractivity contribution in [2.24, 2.45) is 0 Å². The van der Waals surface area contributed by atoms with Crippen LogP contribution in [-0.4, -0.2) is 22.9 Å². The molecule has 1 heterocycles. The van der Waals surface area contributed by atoms with Gasteiger partial charge in [0.2, 0.25) is 0 Å². The van der Waals surface area contributed by atoms with Crippen molar-refractivity contribution in [3.8, 4) is 0 Å². The number of hydrogen-bond acceptors (Lipinski definition) is 6. The van der Waals surface area contributed by atoms with Crippen molar-refractivity contribution in [3.63, 3.8) is 0 Å². The summed E-state index contributed by atoms with van der Waals surface area (Å²) in [5, 5.41) is 16.5. The molecule has 0 bridgehead atoms. The van der Waals surface area contributed by atoms with E-state index < -0.39 is 4.92 Å².